The van der Waals surface area contributed by atoms with E-state index in [1.165, 1.54) is 0 Å². The van der Waals surface area contributed by atoms with Gasteiger partial charge in [-0.15, -0.1) is 0 Å². The molecule has 0 aliphatic rings. The molecule has 0 fully saturated rings. The molecular weight excluding hydrogens is 238 g/mol. The van der Waals surface area contributed by atoms with Gasteiger partial charge in [0.05, 0.1) is 5.56 Å². The third-order valence-electron chi connectivity index (χ3n) is 3.43. The Kier molecular flexibility index (Phi) is 3.47. The number of carbonyl (C=O) groups excluding carboxylic acids is 1. The Morgan fingerprint density at radius 1 is 1.05 bits per heavy atom. The van der Waals surface area contributed by atoms with E-state index >= 15 is 0 Å². The van der Waals surface area contributed by atoms with E-state index in [1.807, 2.05) is 52.8 Å². The van der Waals surface area contributed by atoms with Crippen LogP contribution in [0.4, 0.5) is 5.69 Å². The zero-order valence-electron chi connectivity index (χ0n) is 12.0. The van der Waals surface area contributed by atoms with Gasteiger partial charge in [-0.05, 0) is 51.8 Å². The lowest BCUT2D eigenvalue weighted by Crippen LogP contribution is -2.14. The van der Waals surface area contributed by atoms with Gasteiger partial charge in [0, 0.05) is 11.3 Å². The van der Waals surface area contributed by atoms with Gasteiger partial charge in [-0.1, -0.05) is 12.1 Å². The van der Waals surface area contributed by atoms with Crippen LogP contribution in [0, 0.1) is 34.6 Å². The topological polar surface area (TPSA) is 42.2 Å². The molecule has 0 saturated heterocycles. The second kappa shape index (κ2) is 4.92. The Balaban J connectivity index is 2.33. The second-order valence-electron chi connectivity index (χ2n) is 4.99. The van der Waals surface area contributed by atoms with Crippen LogP contribution in [-0.4, -0.2) is 5.91 Å². The molecule has 100 valence electrons. The van der Waals surface area contributed by atoms with Crippen LogP contribution in [0.2, 0.25) is 0 Å². The molecule has 0 saturated carbocycles. The minimum absolute atomic E-state index is 0.111. The maximum Gasteiger partial charge on any atom is 0.259 e. The fourth-order valence-electron chi connectivity index (χ4n) is 2.18. The SMILES string of the molecule is Cc1ccc(C)c(NC(=O)c2c(C)oc(C)c2C)c1. The highest BCUT2D eigenvalue weighted by Crippen LogP contribution is 2.23. The number of carbonyl (C=O) groups is 1. The number of amides is 1. The van der Waals surface area contributed by atoms with Gasteiger partial charge in [0.1, 0.15) is 11.5 Å². The molecule has 1 aromatic heterocycles. The number of aryl methyl sites for hydroxylation is 4. The van der Waals surface area contributed by atoms with Crippen molar-refractivity contribution in [3.63, 3.8) is 0 Å². The normalized spacial score (nSPS) is 10.6. The summed E-state index contributed by atoms with van der Waals surface area (Å²) in [5, 5.41) is 2.96. The van der Waals surface area contributed by atoms with Crippen LogP contribution in [0.25, 0.3) is 0 Å². The molecule has 0 atom stereocenters. The molecule has 1 heterocycles. The van der Waals surface area contributed by atoms with Crippen molar-refractivity contribution in [2.45, 2.75) is 34.6 Å². The van der Waals surface area contributed by atoms with E-state index in [0.717, 1.165) is 28.1 Å². The molecule has 0 unspecified atom stereocenters. The highest BCUT2D eigenvalue weighted by molar-refractivity contribution is 6.06. The zero-order chi connectivity index (χ0) is 14.2. The lowest BCUT2D eigenvalue weighted by atomic mass is 10.1. The number of hydrogen-bond acceptors (Lipinski definition) is 2. The molecule has 0 bridgehead atoms. The minimum Gasteiger partial charge on any atom is -0.466 e. The van der Waals surface area contributed by atoms with E-state index in [-0.39, 0.29) is 5.91 Å². The third-order valence-corrected chi connectivity index (χ3v) is 3.43. The Bertz CT molecular complexity index is 638. The highest BCUT2D eigenvalue weighted by Gasteiger charge is 2.19. The highest BCUT2D eigenvalue weighted by atomic mass is 16.3. The summed E-state index contributed by atoms with van der Waals surface area (Å²) < 4.78 is 5.50. The molecule has 3 nitrogen and oxygen atoms in total. The molecule has 1 aromatic carbocycles. The molecule has 0 radical (unpaired) electrons. The van der Waals surface area contributed by atoms with Crippen molar-refractivity contribution < 1.29 is 9.21 Å². The van der Waals surface area contributed by atoms with Gasteiger partial charge in [0.2, 0.25) is 0 Å². The van der Waals surface area contributed by atoms with Crippen molar-refractivity contribution in [1.82, 2.24) is 0 Å². The van der Waals surface area contributed by atoms with E-state index in [4.69, 9.17) is 4.42 Å². The van der Waals surface area contributed by atoms with Gasteiger partial charge in [-0.2, -0.15) is 0 Å². The number of hydrogen-bond donors (Lipinski definition) is 1. The molecule has 0 aliphatic heterocycles. The molecule has 1 amide bonds. The smallest absolute Gasteiger partial charge is 0.259 e. The number of benzene rings is 1. The average molecular weight is 257 g/mol. The number of anilines is 1. The van der Waals surface area contributed by atoms with E-state index in [0.29, 0.717) is 11.3 Å². The summed E-state index contributed by atoms with van der Waals surface area (Å²) in [5.74, 6) is 1.35. The predicted octanol–water partition coefficient (Wildman–Crippen LogP) is 4.07. The summed E-state index contributed by atoms with van der Waals surface area (Å²) >= 11 is 0. The van der Waals surface area contributed by atoms with E-state index in [1.54, 1.807) is 0 Å². The van der Waals surface area contributed by atoms with Gasteiger partial charge < -0.3 is 9.73 Å². The van der Waals surface area contributed by atoms with E-state index < -0.39 is 0 Å². The maximum atomic E-state index is 12.4. The van der Waals surface area contributed by atoms with Crippen LogP contribution in [0.1, 0.15) is 38.6 Å². The Morgan fingerprint density at radius 2 is 1.74 bits per heavy atom. The zero-order valence-corrected chi connectivity index (χ0v) is 12.0. The average Bonchev–Trinajstić information content (AvgIpc) is 2.58. The summed E-state index contributed by atoms with van der Waals surface area (Å²) in [5.41, 5.74) is 4.56. The third kappa shape index (κ3) is 2.55. The summed E-state index contributed by atoms with van der Waals surface area (Å²) in [6.07, 6.45) is 0. The number of furan rings is 1. The Hall–Kier alpha value is -2.03. The summed E-state index contributed by atoms with van der Waals surface area (Å²) in [6.45, 7) is 9.59. The lowest BCUT2D eigenvalue weighted by molar-refractivity contribution is 0.102. The van der Waals surface area contributed by atoms with Crippen molar-refractivity contribution in [3.05, 3.63) is 52.0 Å². The van der Waals surface area contributed by atoms with E-state index in [9.17, 15) is 4.79 Å². The van der Waals surface area contributed by atoms with Crippen LogP contribution in [0.3, 0.4) is 0 Å². The molecule has 0 aliphatic carbocycles. The first-order valence-electron chi connectivity index (χ1n) is 6.35. The predicted molar refractivity (Wildman–Crippen MR) is 76.8 cm³/mol. The first-order valence-corrected chi connectivity index (χ1v) is 6.35. The monoisotopic (exact) mass is 257 g/mol. The maximum absolute atomic E-state index is 12.4. The van der Waals surface area contributed by atoms with Gasteiger partial charge in [-0.25, -0.2) is 0 Å². The number of rotatable bonds is 2. The molecule has 19 heavy (non-hydrogen) atoms. The first-order chi connectivity index (χ1) is 8.90. The van der Waals surface area contributed by atoms with Crippen LogP contribution in [0.5, 0.6) is 0 Å². The van der Waals surface area contributed by atoms with E-state index in [2.05, 4.69) is 5.32 Å². The van der Waals surface area contributed by atoms with Crippen molar-refractivity contribution in [1.29, 1.82) is 0 Å². The Morgan fingerprint density at radius 3 is 2.32 bits per heavy atom. The standard InChI is InChI=1S/C16H19NO2/c1-9-6-7-10(2)14(8-9)17-16(18)15-11(3)12(4)19-13(15)5/h6-8H,1-5H3,(H,17,18). The van der Waals surface area contributed by atoms with Crippen LogP contribution in [-0.2, 0) is 0 Å². The van der Waals surface area contributed by atoms with Gasteiger partial charge in [0.25, 0.3) is 5.91 Å². The summed E-state index contributed by atoms with van der Waals surface area (Å²) in [4.78, 5) is 12.4. The Labute approximate surface area is 113 Å². The fraction of sp³-hybridized carbons (Fsp3) is 0.312. The fourth-order valence-corrected chi connectivity index (χ4v) is 2.18. The van der Waals surface area contributed by atoms with Crippen LogP contribution in [0.15, 0.2) is 22.6 Å². The molecule has 2 rings (SSSR count). The van der Waals surface area contributed by atoms with Crippen LogP contribution < -0.4 is 5.32 Å². The molecule has 0 spiro atoms. The lowest BCUT2D eigenvalue weighted by Gasteiger charge is -2.09. The van der Waals surface area contributed by atoms with Crippen molar-refractivity contribution in [3.8, 4) is 0 Å². The quantitative estimate of drug-likeness (QED) is 0.881. The largest absolute Gasteiger partial charge is 0.466 e. The number of nitrogens with one attached hydrogen (secondary N) is 1. The van der Waals surface area contributed by atoms with Crippen LogP contribution >= 0.6 is 0 Å². The van der Waals surface area contributed by atoms with Gasteiger partial charge in [-0.3, -0.25) is 4.79 Å². The second-order valence-corrected chi connectivity index (χ2v) is 4.99. The van der Waals surface area contributed by atoms with Crippen molar-refractivity contribution in [2.75, 3.05) is 5.32 Å². The first kappa shape index (κ1) is 13.4. The van der Waals surface area contributed by atoms with Crippen molar-refractivity contribution >= 4 is 11.6 Å². The van der Waals surface area contributed by atoms with Crippen molar-refractivity contribution in [2.24, 2.45) is 0 Å². The van der Waals surface area contributed by atoms with Gasteiger partial charge >= 0.3 is 0 Å². The molecule has 3 heteroatoms. The summed E-state index contributed by atoms with van der Waals surface area (Å²) in [6, 6.07) is 6.01. The summed E-state index contributed by atoms with van der Waals surface area (Å²) in [7, 11) is 0. The molecule has 1 N–H and O–H groups in total. The molecular formula is C16H19NO2. The minimum atomic E-state index is -0.111. The van der Waals surface area contributed by atoms with Gasteiger partial charge in [0.15, 0.2) is 0 Å². The molecule has 2 aromatic rings.